The summed E-state index contributed by atoms with van der Waals surface area (Å²) in [7, 11) is 0. The quantitative estimate of drug-likeness (QED) is 0.820. The molecule has 19 heavy (non-hydrogen) atoms. The third kappa shape index (κ3) is 2.66. The van der Waals surface area contributed by atoms with E-state index in [0.717, 1.165) is 44.5 Å². The van der Waals surface area contributed by atoms with E-state index < -0.39 is 0 Å². The van der Waals surface area contributed by atoms with Gasteiger partial charge in [-0.2, -0.15) is 0 Å². The average molecular weight is 264 g/mol. The van der Waals surface area contributed by atoms with Crippen molar-refractivity contribution in [3.8, 4) is 0 Å². The maximum Gasteiger partial charge on any atom is 0.223 e. The molecule has 0 bridgehead atoms. The number of aryl methyl sites for hydroxylation is 1. The van der Waals surface area contributed by atoms with Crippen molar-refractivity contribution < 1.29 is 13.9 Å². The van der Waals surface area contributed by atoms with Crippen molar-refractivity contribution in [2.45, 2.75) is 51.2 Å². The van der Waals surface area contributed by atoms with E-state index in [9.17, 15) is 4.79 Å². The van der Waals surface area contributed by atoms with Crippen molar-refractivity contribution in [2.24, 2.45) is 0 Å². The van der Waals surface area contributed by atoms with E-state index in [1.54, 1.807) is 6.26 Å². The molecular formula is C14H20N2O3. The number of ether oxygens (including phenoxy) is 1. The molecule has 0 aliphatic carbocycles. The highest BCUT2D eigenvalue weighted by atomic mass is 16.5. The molecule has 3 heterocycles. The van der Waals surface area contributed by atoms with Gasteiger partial charge < -0.3 is 14.1 Å². The molecule has 1 spiro atoms. The van der Waals surface area contributed by atoms with Crippen LogP contribution in [0.2, 0.25) is 0 Å². The molecule has 2 saturated heterocycles. The smallest absolute Gasteiger partial charge is 0.223 e. The zero-order valence-electron chi connectivity index (χ0n) is 11.4. The van der Waals surface area contributed by atoms with Gasteiger partial charge in [0.05, 0.1) is 17.8 Å². The predicted molar refractivity (Wildman–Crippen MR) is 68.4 cm³/mol. The lowest BCUT2D eigenvalue weighted by Gasteiger charge is -2.26. The van der Waals surface area contributed by atoms with E-state index in [0.29, 0.717) is 18.9 Å². The Morgan fingerprint density at radius 3 is 3.00 bits per heavy atom. The summed E-state index contributed by atoms with van der Waals surface area (Å²) in [6.07, 6.45) is 6.23. The topological polar surface area (TPSA) is 55.6 Å². The number of hydrogen-bond donors (Lipinski definition) is 0. The summed E-state index contributed by atoms with van der Waals surface area (Å²) >= 11 is 0. The second kappa shape index (κ2) is 4.96. The van der Waals surface area contributed by atoms with Crippen LogP contribution in [-0.4, -0.2) is 34.5 Å². The Morgan fingerprint density at radius 2 is 2.32 bits per heavy atom. The first-order chi connectivity index (χ1) is 9.17. The molecule has 3 rings (SSSR count). The molecule has 1 amide bonds. The summed E-state index contributed by atoms with van der Waals surface area (Å²) < 4.78 is 11.1. The van der Waals surface area contributed by atoms with Gasteiger partial charge in [-0.25, -0.2) is 4.98 Å². The summed E-state index contributed by atoms with van der Waals surface area (Å²) in [4.78, 5) is 18.3. The number of aromatic nitrogens is 1. The monoisotopic (exact) mass is 264 g/mol. The maximum absolute atomic E-state index is 12.2. The molecule has 2 fully saturated rings. The molecular weight excluding hydrogens is 244 g/mol. The molecule has 1 atom stereocenters. The van der Waals surface area contributed by atoms with Crippen LogP contribution in [0.15, 0.2) is 10.7 Å². The minimum Gasteiger partial charge on any atom is -0.449 e. The van der Waals surface area contributed by atoms with E-state index in [4.69, 9.17) is 9.15 Å². The molecule has 2 aliphatic rings. The lowest BCUT2D eigenvalue weighted by Crippen LogP contribution is -2.32. The van der Waals surface area contributed by atoms with Gasteiger partial charge in [-0.1, -0.05) is 0 Å². The van der Waals surface area contributed by atoms with E-state index in [1.165, 1.54) is 0 Å². The summed E-state index contributed by atoms with van der Waals surface area (Å²) in [6.45, 7) is 3.96. The van der Waals surface area contributed by atoms with Gasteiger partial charge in [0.15, 0.2) is 5.89 Å². The maximum atomic E-state index is 12.2. The summed E-state index contributed by atoms with van der Waals surface area (Å²) in [5.41, 5.74) is 0.790. The van der Waals surface area contributed by atoms with Crippen molar-refractivity contribution >= 4 is 5.91 Å². The Bertz CT molecular complexity index is 463. The molecule has 5 nitrogen and oxygen atoms in total. The number of carbonyl (C=O) groups is 1. The van der Waals surface area contributed by atoms with Crippen LogP contribution >= 0.6 is 0 Å². The van der Waals surface area contributed by atoms with E-state index in [2.05, 4.69) is 4.98 Å². The number of carbonyl (C=O) groups excluding carboxylic acids is 1. The van der Waals surface area contributed by atoms with Gasteiger partial charge in [-0.15, -0.1) is 0 Å². The van der Waals surface area contributed by atoms with E-state index >= 15 is 0 Å². The average Bonchev–Trinajstić information content (AvgIpc) is 2.98. The molecule has 1 aromatic rings. The summed E-state index contributed by atoms with van der Waals surface area (Å²) in [5, 5.41) is 0. The number of rotatable bonds is 2. The number of amides is 1. The minimum atomic E-state index is -0.0375. The van der Waals surface area contributed by atoms with Crippen LogP contribution in [0.4, 0.5) is 0 Å². The number of oxazole rings is 1. The van der Waals surface area contributed by atoms with Crippen LogP contribution in [0.1, 0.15) is 43.7 Å². The molecule has 5 heteroatoms. The fourth-order valence-electron chi connectivity index (χ4n) is 3.07. The molecule has 1 unspecified atom stereocenters. The third-order valence-electron chi connectivity index (χ3n) is 4.19. The van der Waals surface area contributed by atoms with Crippen LogP contribution in [-0.2, 0) is 16.1 Å². The molecule has 0 aromatic carbocycles. The lowest BCUT2D eigenvalue weighted by atomic mass is 9.92. The number of likely N-dealkylation sites (tertiary alicyclic amines) is 1. The highest BCUT2D eigenvalue weighted by molar-refractivity contribution is 5.76. The first kappa shape index (κ1) is 12.7. The van der Waals surface area contributed by atoms with Crippen LogP contribution in [0.3, 0.4) is 0 Å². The molecule has 2 aliphatic heterocycles. The van der Waals surface area contributed by atoms with Crippen LogP contribution in [0.25, 0.3) is 0 Å². The normalized spacial score (nSPS) is 28.1. The Labute approximate surface area is 112 Å². The van der Waals surface area contributed by atoms with Gasteiger partial charge in [0.1, 0.15) is 6.26 Å². The second-order valence-electron chi connectivity index (χ2n) is 5.56. The van der Waals surface area contributed by atoms with Gasteiger partial charge >= 0.3 is 0 Å². The van der Waals surface area contributed by atoms with Crippen molar-refractivity contribution in [1.82, 2.24) is 9.88 Å². The van der Waals surface area contributed by atoms with Gasteiger partial charge in [0, 0.05) is 26.5 Å². The zero-order valence-corrected chi connectivity index (χ0v) is 11.4. The fraction of sp³-hybridized carbons (Fsp3) is 0.714. The van der Waals surface area contributed by atoms with Crippen molar-refractivity contribution in [1.29, 1.82) is 0 Å². The van der Waals surface area contributed by atoms with Crippen LogP contribution < -0.4 is 0 Å². The highest BCUT2D eigenvalue weighted by Gasteiger charge is 2.38. The number of nitrogens with zero attached hydrogens (tertiary/aromatic N) is 2. The second-order valence-corrected chi connectivity index (χ2v) is 5.56. The lowest BCUT2D eigenvalue weighted by molar-refractivity contribution is -0.131. The predicted octanol–water partition coefficient (Wildman–Crippen LogP) is 2.04. The molecule has 0 saturated carbocycles. The first-order valence-corrected chi connectivity index (χ1v) is 7.00. The molecule has 1 aromatic heterocycles. The highest BCUT2D eigenvalue weighted by Crippen LogP contribution is 2.36. The third-order valence-corrected chi connectivity index (χ3v) is 4.19. The molecule has 104 valence electrons. The van der Waals surface area contributed by atoms with Crippen molar-refractivity contribution in [3.63, 3.8) is 0 Å². The summed E-state index contributed by atoms with van der Waals surface area (Å²) in [5.74, 6) is 0.848. The standard InChI is InChI=1S/C14H20N2O3/c1-11-15-12(10-18-11)9-16-7-6-14(4-2-8-19-14)5-3-13(16)17/h10H,2-9H2,1H3. The number of hydrogen-bond acceptors (Lipinski definition) is 4. The Hall–Kier alpha value is -1.36. The fourth-order valence-corrected chi connectivity index (χ4v) is 3.07. The van der Waals surface area contributed by atoms with Crippen molar-refractivity contribution in [3.05, 3.63) is 17.8 Å². The van der Waals surface area contributed by atoms with E-state index in [-0.39, 0.29) is 11.5 Å². The Kier molecular flexibility index (Phi) is 3.31. The molecule has 0 N–H and O–H groups in total. The SMILES string of the molecule is Cc1nc(CN2CCC3(CCCO3)CCC2=O)co1. The summed E-state index contributed by atoms with van der Waals surface area (Å²) in [6, 6.07) is 0. The van der Waals surface area contributed by atoms with Gasteiger partial charge in [-0.3, -0.25) is 4.79 Å². The van der Waals surface area contributed by atoms with Gasteiger partial charge in [0.25, 0.3) is 0 Å². The van der Waals surface area contributed by atoms with Crippen molar-refractivity contribution in [2.75, 3.05) is 13.2 Å². The van der Waals surface area contributed by atoms with Gasteiger partial charge in [-0.05, 0) is 25.7 Å². The largest absolute Gasteiger partial charge is 0.449 e. The van der Waals surface area contributed by atoms with Crippen LogP contribution in [0, 0.1) is 6.92 Å². The van der Waals surface area contributed by atoms with Gasteiger partial charge in [0.2, 0.25) is 5.91 Å². The Morgan fingerprint density at radius 1 is 1.42 bits per heavy atom. The minimum absolute atomic E-state index is 0.0375. The van der Waals surface area contributed by atoms with E-state index in [1.807, 2.05) is 11.8 Å². The molecule has 0 radical (unpaired) electrons. The first-order valence-electron chi connectivity index (χ1n) is 7.00. The van der Waals surface area contributed by atoms with Crippen LogP contribution in [0.5, 0.6) is 0 Å². The zero-order chi connectivity index (χ0) is 13.3. The Balaban J connectivity index is 1.67.